The number of nitriles is 1. The fourth-order valence-electron chi connectivity index (χ4n) is 2.11. The van der Waals surface area contributed by atoms with Gasteiger partial charge in [-0.2, -0.15) is 5.26 Å². The molecule has 0 amide bonds. The summed E-state index contributed by atoms with van der Waals surface area (Å²) in [6.45, 7) is 6.50. The zero-order chi connectivity index (χ0) is 9.90. The van der Waals surface area contributed by atoms with E-state index >= 15 is 0 Å². The molecule has 0 radical (unpaired) electrons. The Hall–Kier alpha value is -0.550. The van der Waals surface area contributed by atoms with Crippen LogP contribution in [0.2, 0.25) is 0 Å². The molecule has 1 aliphatic carbocycles. The van der Waals surface area contributed by atoms with Crippen molar-refractivity contribution in [2.45, 2.75) is 33.1 Å². The van der Waals surface area contributed by atoms with Gasteiger partial charge >= 0.3 is 0 Å². The molecule has 0 saturated heterocycles. The van der Waals surface area contributed by atoms with Crippen molar-refractivity contribution in [3.05, 3.63) is 0 Å². The summed E-state index contributed by atoms with van der Waals surface area (Å²) in [5, 5.41) is 9.04. The Kier molecular flexibility index (Phi) is 3.33. The van der Waals surface area contributed by atoms with Crippen LogP contribution in [0.4, 0.5) is 0 Å². The molecule has 0 aliphatic heterocycles. The molecule has 2 heteroatoms. The van der Waals surface area contributed by atoms with Gasteiger partial charge in [0.2, 0.25) is 0 Å². The Bertz CT molecular complexity index is 199. The van der Waals surface area contributed by atoms with E-state index in [2.05, 4.69) is 31.9 Å². The first-order valence-electron chi connectivity index (χ1n) is 5.18. The highest BCUT2D eigenvalue weighted by atomic mass is 15.1. The van der Waals surface area contributed by atoms with Crippen molar-refractivity contribution in [2.24, 2.45) is 11.3 Å². The van der Waals surface area contributed by atoms with E-state index in [1.54, 1.807) is 0 Å². The van der Waals surface area contributed by atoms with Crippen LogP contribution in [0.25, 0.3) is 0 Å². The lowest BCUT2D eigenvalue weighted by molar-refractivity contribution is 0.130. The van der Waals surface area contributed by atoms with Gasteiger partial charge in [-0.1, -0.05) is 20.3 Å². The first-order chi connectivity index (χ1) is 6.08. The molecule has 0 N–H and O–H groups in total. The predicted molar refractivity (Wildman–Crippen MR) is 54.2 cm³/mol. The molecule has 0 aromatic heterocycles. The predicted octanol–water partition coefficient (Wildman–Crippen LogP) is 2.27. The highest BCUT2D eigenvalue weighted by Crippen LogP contribution is 2.40. The van der Waals surface area contributed by atoms with E-state index in [1.165, 1.54) is 6.42 Å². The molecular weight excluding hydrogens is 160 g/mol. The number of rotatable bonds is 4. The van der Waals surface area contributed by atoms with E-state index in [0.717, 1.165) is 25.9 Å². The van der Waals surface area contributed by atoms with Gasteiger partial charge < -0.3 is 4.90 Å². The van der Waals surface area contributed by atoms with E-state index in [4.69, 9.17) is 5.26 Å². The maximum atomic E-state index is 9.04. The van der Waals surface area contributed by atoms with Crippen LogP contribution in [-0.4, -0.2) is 25.0 Å². The highest BCUT2D eigenvalue weighted by molar-refractivity contribution is 5.06. The quantitative estimate of drug-likeness (QED) is 0.663. The summed E-state index contributed by atoms with van der Waals surface area (Å²) < 4.78 is 0. The second-order valence-corrected chi connectivity index (χ2v) is 4.84. The lowest BCUT2D eigenvalue weighted by Crippen LogP contribution is -2.40. The van der Waals surface area contributed by atoms with Gasteiger partial charge in [-0.25, -0.2) is 0 Å². The van der Waals surface area contributed by atoms with Crippen molar-refractivity contribution in [1.82, 2.24) is 4.90 Å². The van der Waals surface area contributed by atoms with E-state index < -0.39 is 0 Å². The largest absolute Gasteiger partial charge is 0.305 e. The van der Waals surface area contributed by atoms with Gasteiger partial charge in [0.25, 0.3) is 0 Å². The summed E-state index contributed by atoms with van der Waals surface area (Å²) >= 11 is 0. The Morgan fingerprint density at radius 2 is 2.08 bits per heavy atom. The first kappa shape index (κ1) is 10.5. The van der Waals surface area contributed by atoms with E-state index in [9.17, 15) is 0 Å². The van der Waals surface area contributed by atoms with Gasteiger partial charge in [-0.15, -0.1) is 0 Å². The van der Waals surface area contributed by atoms with Crippen LogP contribution in [-0.2, 0) is 0 Å². The lowest BCUT2D eigenvalue weighted by atomic mass is 9.69. The Labute approximate surface area is 81.5 Å². The van der Waals surface area contributed by atoms with E-state index in [1.807, 2.05) is 0 Å². The fourth-order valence-corrected chi connectivity index (χ4v) is 2.11. The molecule has 1 saturated carbocycles. The molecule has 0 unspecified atom stereocenters. The Morgan fingerprint density at radius 1 is 1.46 bits per heavy atom. The van der Waals surface area contributed by atoms with Gasteiger partial charge in [0.15, 0.2) is 0 Å². The average molecular weight is 180 g/mol. The van der Waals surface area contributed by atoms with Crippen LogP contribution >= 0.6 is 0 Å². The summed E-state index contributed by atoms with van der Waals surface area (Å²) in [5.41, 5.74) is 0.00361. The zero-order valence-electron chi connectivity index (χ0n) is 9.01. The lowest BCUT2D eigenvalue weighted by Gasteiger charge is -2.38. The third-order valence-corrected chi connectivity index (χ3v) is 2.80. The van der Waals surface area contributed by atoms with Gasteiger partial charge in [-0.05, 0) is 25.8 Å². The average Bonchev–Trinajstić information content (AvgIpc) is 1.95. The maximum Gasteiger partial charge on any atom is 0.0703 e. The van der Waals surface area contributed by atoms with Crippen molar-refractivity contribution in [2.75, 3.05) is 20.1 Å². The summed E-state index contributed by atoms with van der Waals surface area (Å²) in [6, 6.07) is 2.48. The van der Waals surface area contributed by atoms with Crippen molar-refractivity contribution in [3.8, 4) is 6.07 Å². The first-order valence-corrected chi connectivity index (χ1v) is 5.18. The molecule has 2 nitrogen and oxygen atoms in total. The third kappa shape index (κ3) is 2.70. The third-order valence-electron chi connectivity index (χ3n) is 2.80. The molecule has 0 heterocycles. The van der Waals surface area contributed by atoms with Crippen molar-refractivity contribution < 1.29 is 0 Å². The molecule has 1 aliphatic rings. The molecule has 0 aromatic rings. The molecule has 13 heavy (non-hydrogen) atoms. The number of hydrogen-bond acceptors (Lipinski definition) is 2. The highest BCUT2D eigenvalue weighted by Gasteiger charge is 2.37. The van der Waals surface area contributed by atoms with Gasteiger partial charge in [0.05, 0.1) is 11.5 Å². The molecule has 1 rings (SSSR count). The second kappa shape index (κ2) is 4.11. The molecule has 1 fully saturated rings. The van der Waals surface area contributed by atoms with Crippen LogP contribution in [0.15, 0.2) is 0 Å². The Morgan fingerprint density at radius 3 is 2.38 bits per heavy atom. The zero-order valence-corrected chi connectivity index (χ0v) is 9.01. The topological polar surface area (TPSA) is 27.0 Å². The van der Waals surface area contributed by atoms with E-state index in [0.29, 0.717) is 5.92 Å². The number of nitrogens with zero attached hydrogens (tertiary/aromatic N) is 2. The van der Waals surface area contributed by atoms with Gasteiger partial charge in [0, 0.05) is 13.1 Å². The monoisotopic (exact) mass is 180 g/mol. The van der Waals surface area contributed by atoms with Crippen LogP contribution in [0, 0.1) is 22.7 Å². The molecule has 0 aromatic carbocycles. The normalized spacial score (nSPS) is 20.0. The molecule has 0 bridgehead atoms. The molecule has 74 valence electrons. The van der Waals surface area contributed by atoms with Gasteiger partial charge in [-0.3, -0.25) is 0 Å². The molecular formula is C11H20N2. The Balaban J connectivity index is 2.35. The van der Waals surface area contributed by atoms with Crippen molar-refractivity contribution in [3.63, 3.8) is 0 Å². The minimum atomic E-state index is 0.00361. The van der Waals surface area contributed by atoms with Crippen LogP contribution in [0.1, 0.15) is 33.1 Å². The van der Waals surface area contributed by atoms with Crippen LogP contribution in [0.3, 0.4) is 0 Å². The molecule has 0 atom stereocenters. The summed E-state index contributed by atoms with van der Waals surface area (Å²) in [4.78, 5) is 2.30. The fraction of sp³-hybridized carbons (Fsp3) is 0.909. The summed E-state index contributed by atoms with van der Waals surface area (Å²) in [6.07, 6.45) is 3.45. The number of hydrogen-bond donors (Lipinski definition) is 0. The SMILES string of the molecule is CC(C)CN(C)CC1(C#N)CCC1. The standard InChI is InChI=1S/C11H20N2/c1-10(2)7-13(3)9-11(8-12)5-4-6-11/h10H,4-7,9H2,1-3H3. The second-order valence-electron chi connectivity index (χ2n) is 4.84. The minimum Gasteiger partial charge on any atom is -0.305 e. The van der Waals surface area contributed by atoms with Crippen LogP contribution < -0.4 is 0 Å². The smallest absolute Gasteiger partial charge is 0.0703 e. The molecule has 0 spiro atoms. The van der Waals surface area contributed by atoms with Gasteiger partial charge in [0.1, 0.15) is 0 Å². The van der Waals surface area contributed by atoms with Crippen LogP contribution in [0.5, 0.6) is 0 Å². The van der Waals surface area contributed by atoms with E-state index in [-0.39, 0.29) is 5.41 Å². The maximum absolute atomic E-state index is 9.04. The van der Waals surface area contributed by atoms with Crippen molar-refractivity contribution >= 4 is 0 Å². The summed E-state index contributed by atoms with van der Waals surface area (Å²) in [5.74, 6) is 0.695. The minimum absolute atomic E-state index is 0.00361. The van der Waals surface area contributed by atoms with Crippen molar-refractivity contribution in [1.29, 1.82) is 5.26 Å². The summed E-state index contributed by atoms with van der Waals surface area (Å²) in [7, 11) is 2.12.